The van der Waals surface area contributed by atoms with Gasteiger partial charge in [-0.05, 0) is 19.8 Å². The van der Waals surface area contributed by atoms with Crippen LogP contribution in [0.5, 0.6) is 0 Å². The molecule has 1 amide bonds. The van der Waals surface area contributed by atoms with Crippen molar-refractivity contribution >= 4 is 23.1 Å². The summed E-state index contributed by atoms with van der Waals surface area (Å²) in [6.07, 6.45) is 0. The van der Waals surface area contributed by atoms with Crippen LogP contribution in [-0.2, 0) is 4.79 Å². The SMILES string of the molecule is CC(C)CNC(=O)C(C)N1CCN(C(C)C(N)=S)CC1. The Morgan fingerprint density at radius 3 is 1.95 bits per heavy atom. The van der Waals surface area contributed by atoms with Crippen molar-refractivity contribution in [1.29, 1.82) is 0 Å². The molecule has 1 rings (SSSR count). The molecule has 0 aromatic rings. The number of carbonyl (C=O) groups excluding carboxylic acids is 1. The van der Waals surface area contributed by atoms with E-state index in [0.717, 1.165) is 32.7 Å². The maximum Gasteiger partial charge on any atom is 0.237 e. The second kappa shape index (κ2) is 7.90. The number of hydrogen-bond acceptors (Lipinski definition) is 4. The van der Waals surface area contributed by atoms with Crippen molar-refractivity contribution in [2.45, 2.75) is 39.8 Å². The van der Waals surface area contributed by atoms with Gasteiger partial charge in [-0.1, -0.05) is 26.1 Å². The summed E-state index contributed by atoms with van der Waals surface area (Å²) in [5.41, 5.74) is 5.69. The molecule has 1 heterocycles. The third kappa shape index (κ3) is 5.00. The highest BCUT2D eigenvalue weighted by molar-refractivity contribution is 7.80. The maximum atomic E-state index is 12.1. The summed E-state index contributed by atoms with van der Waals surface area (Å²) in [4.78, 5) is 17.1. The highest BCUT2D eigenvalue weighted by atomic mass is 32.1. The molecule has 0 saturated carbocycles. The molecule has 1 saturated heterocycles. The van der Waals surface area contributed by atoms with E-state index in [0.29, 0.717) is 10.9 Å². The minimum absolute atomic E-state index is 0.0731. The fourth-order valence-electron chi connectivity index (χ4n) is 2.31. The first-order chi connectivity index (χ1) is 9.32. The summed E-state index contributed by atoms with van der Waals surface area (Å²) in [6, 6.07) is 0.0632. The van der Waals surface area contributed by atoms with Crippen LogP contribution >= 0.6 is 12.2 Å². The Morgan fingerprint density at radius 1 is 1.10 bits per heavy atom. The van der Waals surface area contributed by atoms with Gasteiger partial charge in [0.05, 0.1) is 17.1 Å². The lowest BCUT2D eigenvalue weighted by molar-refractivity contribution is -0.126. The van der Waals surface area contributed by atoms with E-state index in [1.807, 2.05) is 13.8 Å². The van der Waals surface area contributed by atoms with E-state index in [4.69, 9.17) is 18.0 Å². The minimum atomic E-state index is -0.0731. The van der Waals surface area contributed by atoms with Crippen molar-refractivity contribution in [3.8, 4) is 0 Å². The molecule has 0 radical (unpaired) electrons. The summed E-state index contributed by atoms with van der Waals surface area (Å²) in [5.74, 6) is 0.601. The Hall–Kier alpha value is -0.720. The van der Waals surface area contributed by atoms with Crippen LogP contribution in [0.25, 0.3) is 0 Å². The van der Waals surface area contributed by atoms with E-state index in [-0.39, 0.29) is 18.0 Å². The van der Waals surface area contributed by atoms with Gasteiger partial charge < -0.3 is 11.1 Å². The quantitative estimate of drug-likeness (QED) is 0.697. The first-order valence-electron chi connectivity index (χ1n) is 7.38. The molecule has 5 nitrogen and oxygen atoms in total. The molecular formula is C14H28N4OS. The zero-order chi connectivity index (χ0) is 15.3. The van der Waals surface area contributed by atoms with Gasteiger partial charge in [-0.15, -0.1) is 0 Å². The molecule has 1 fully saturated rings. The van der Waals surface area contributed by atoms with Gasteiger partial charge in [-0.2, -0.15) is 0 Å². The Bertz CT molecular complexity index is 340. The number of nitrogens with two attached hydrogens (primary N) is 1. The van der Waals surface area contributed by atoms with E-state index >= 15 is 0 Å². The van der Waals surface area contributed by atoms with Crippen molar-refractivity contribution in [3.05, 3.63) is 0 Å². The zero-order valence-electron chi connectivity index (χ0n) is 13.1. The second-order valence-electron chi connectivity index (χ2n) is 5.97. The Labute approximate surface area is 127 Å². The van der Waals surface area contributed by atoms with Crippen LogP contribution in [0, 0.1) is 5.92 Å². The van der Waals surface area contributed by atoms with Gasteiger partial charge in [0.1, 0.15) is 0 Å². The van der Waals surface area contributed by atoms with Crippen LogP contribution in [0.1, 0.15) is 27.7 Å². The topological polar surface area (TPSA) is 61.6 Å². The number of amides is 1. The van der Waals surface area contributed by atoms with Gasteiger partial charge in [0, 0.05) is 32.7 Å². The normalized spacial score (nSPS) is 20.6. The Balaban J connectivity index is 2.40. The van der Waals surface area contributed by atoms with Crippen LogP contribution in [0.3, 0.4) is 0 Å². The largest absolute Gasteiger partial charge is 0.392 e. The fourth-order valence-corrected chi connectivity index (χ4v) is 2.46. The van der Waals surface area contributed by atoms with E-state index in [1.54, 1.807) is 0 Å². The molecule has 0 bridgehead atoms. The monoisotopic (exact) mass is 300 g/mol. The Morgan fingerprint density at radius 2 is 1.55 bits per heavy atom. The summed E-state index contributed by atoms with van der Waals surface area (Å²) < 4.78 is 0. The lowest BCUT2D eigenvalue weighted by atomic mass is 10.1. The third-order valence-corrected chi connectivity index (χ3v) is 4.26. The van der Waals surface area contributed by atoms with Crippen molar-refractivity contribution in [1.82, 2.24) is 15.1 Å². The average molecular weight is 300 g/mol. The number of rotatable bonds is 6. The summed E-state index contributed by atoms with van der Waals surface area (Å²) in [5, 5.41) is 3.00. The van der Waals surface area contributed by atoms with Gasteiger partial charge in [-0.25, -0.2) is 0 Å². The lowest BCUT2D eigenvalue weighted by Crippen LogP contribution is -2.57. The van der Waals surface area contributed by atoms with Crippen molar-refractivity contribution in [2.75, 3.05) is 32.7 Å². The first-order valence-corrected chi connectivity index (χ1v) is 7.79. The number of nitrogens with one attached hydrogen (secondary N) is 1. The second-order valence-corrected chi connectivity index (χ2v) is 6.44. The highest BCUT2D eigenvalue weighted by Crippen LogP contribution is 2.10. The molecule has 0 aromatic heterocycles. The van der Waals surface area contributed by atoms with Crippen LogP contribution in [0.15, 0.2) is 0 Å². The lowest BCUT2D eigenvalue weighted by Gasteiger charge is -2.39. The summed E-state index contributed by atoms with van der Waals surface area (Å²) >= 11 is 5.04. The number of nitrogens with zero attached hydrogens (tertiary/aromatic N) is 2. The molecule has 116 valence electrons. The highest BCUT2D eigenvalue weighted by Gasteiger charge is 2.27. The molecular weight excluding hydrogens is 272 g/mol. The van der Waals surface area contributed by atoms with Crippen LogP contribution in [0.4, 0.5) is 0 Å². The molecule has 6 heteroatoms. The molecule has 1 aliphatic rings. The molecule has 20 heavy (non-hydrogen) atoms. The van der Waals surface area contributed by atoms with Gasteiger partial charge in [0.25, 0.3) is 0 Å². The molecule has 0 spiro atoms. The first kappa shape index (κ1) is 17.3. The van der Waals surface area contributed by atoms with Gasteiger partial charge >= 0.3 is 0 Å². The molecule has 0 aliphatic carbocycles. The molecule has 3 N–H and O–H groups in total. The van der Waals surface area contributed by atoms with Crippen molar-refractivity contribution < 1.29 is 4.79 Å². The fraction of sp³-hybridized carbons (Fsp3) is 0.857. The predicted molar refractivity (Wildman–Crippen MR) is 86.7 cm³/mol. The van der Waals surface area contributed by atoms with Gasteiger partial charge in [-0.3, -0.25) is 14.6 Å². The maximum absolute atomic E-state index is 12.1. The predicted octanol–water partition coefficient (Wildman–Crippen LogP) is 0.439. The standard InChI is InChI=1S/C14H28N4OS/c1-10(2)9-16-14(19)12(4)18-7-5-17(6-8-18)11(3)13(15)20/h10-12H,5-9H2,1-4H3,(H2,15,20)(H,16,19). The van der Waals surface area contributed by atoms with Crippen LogP contribution < -0.4 is 11.1 Å². The van der Waals surface area contributed by atoms with Crippen molar-refractivity contribution in [3.63, 3.8) is 0 Å². The molecule has 2 atom stereocenters. The van der Waals surface area contributed by atoms with Crippen molar-refractivity contribution in [2.24, 2.45) is 11.7 Å². The van der Waals surface area contributed by atoms with E-state index in [1.165, 1.54) is 0 Å². The van der Waals surface area contributed by atoms with E-state index < -0.39 is 0 Å². The number of carbonyl (C=O) groups is 1. The van der Waals surface area contributed by atoms with Gasteiger partial charge in [0.15, 0.2) is 0 Å². The van der Waals surface area contributed by atoms with E-state index in [9.17, 15) is 4.79 Å². The smallest absolute Gasteiger partial charge is 0.237 e. The molecule has 0 aromatic carbocycles. The average Bonchev–Trinajstić information content (AvgIpc) is 2.43. The number of hydrogen-bond donors (Lipinski definition) is 2. The third-order valence-electron chi connectivity index (χ3n) is 3.92. The zero-order valence-corrected chi connectivity index (χ0v) is 13.9. The summed E-state index contributed by atoms with van der Waals surface area (Å²) in [6.45, 7) is 12.5. The summed E-state index contributed by atoms with van der Waals surface area (Å²) in [7, 11) is 0. The molecule has 1 aliphatic heterocycles. The van der Waals surface area contributed by atoms with Crippen LogP contribution in [-0.4, -0.2) is 65.5 Å². The molecule has 2 unspecified atom stereocenters. The number of thiocarbonyl (C=S) groups is 1. The number of piperazine rings is 1. The Kier molecular flexibility index (Phi) is 6.85. The van der Waals surface area contributed by atoms with Crippen LogP contribution in [0.2, 0.25) is 0 Å². The van der Waals surface area contributed by atoms with E-state index in [2.05, 4.69) is 29.0 Å². The van der Waals surface area contributed by atoms with Gasteiger partial charge in [0.2, 0.25) is 5.91 Å². The minimum Gasteiger partial charge on any atom is -0.392 e.